The minimum atomic E-state index is 0.0546. The lowest BCUT2D eigenvalue weighted by Gasteiger charge is -2.30. The molecule has 0 radical (unpaired) electrons. The average molecular weight is 354 g/mol. The average Bonchev–Trinajstić information content (AvgIpc) is 2.63. The number of carbonyl (C=O) groups is 2. The van der Waals surface area contributed by atoms with Crippen LogP contribution >= 0.6 is 0 Å². The highest BCUT2D eigenvalue weighted by molar-refractivity contribution is 5.91. The van der Waals surface area contributed by atoms with Gasteiger partial charge in [0, 0.05) is 24.1 Å². The van der Waals surface area contributed by atoms with Crippen molar-refractivity contribution in [1.82, 2.24) is 9.97 Å². The van der Waals surface area contributed by atoms with Gasteiger partial charge in [-0.25, -0.2) is 0 Å². The summed E-state index contributed by atoms with van der Waals surface area (Å²) in [4.78, 5) is 33.7. The van der Waals surface area contributed by atoms with Crippen LogP contribution in [0, 0.1) is 0 Å². The molecule has 7 nitrogen and oxygen atoms in total. The first-order valence-corrected chi connectivity index (χ1v) is 8.70. The van der Waals surface area contributed by atoms with Gasteiger partial charge in [-0.15, -0.1) is 0 Å². The molecule has 3 rings (SSSR count). The Hall–Kier alpha value is -2.96. The van der Waals surface area contributed by atoms with E-state index in [-0.39, 0.29) is 30.6 Å². The smallest absolute Gasteiger partial charge is 0.320 e. The minimum Gasteiger partial charge on any atom is -0.463 e. The van der Waals surface area contributed by atoms with Crippen LogP contribution in [0.5, 0.6) is 6.01 Å². The van der Waals surface area contributed by atoms with Gasteiger partial charge >= 0.3 is 6.01 Å². The van der Waals surface area contributed by atoms with E-state index in [4.69, 9.17) is 10.5 Å². The van der Waals surface area contributed by atoms with Crippen molar-refractivity contribution in [3.05, 3.63) is 41.0 Å². The van der Waals surface area contributed by atoms with Crippen molar-refractivity contribution in [3.8, 4) is 6.01 Å². The summed E-state index contributed by atoms with van der Waals surface area (Å²) in [6.45, 7) is 3.29. The minimum absolute atomic E-state index is 0.0546. The summed E-state index contributed by atoms with van der Waals surface area (Å²) >= 11 is 0. The van der Waals surface area contributed by atoms with Crippen LogP contribution in [0.3, 0.4) is 0 Å². The number of aldehydes is 1. The number of Topliss-reactive ketones (excluding diaryl/α,β-unsaturated/α-hetero) is 1. The lowest BCUT2D eigenvalue weighted by molar-refractivity contribution is -0.117. The molecule has 0 saturated heterocycles. The summed E-state index contributed by atoms with van der Waals surface area (Å²) < 4.78 is 5.60. The third-order valence-electron chi connectivity index (χ3n) is 4.23. The van der Waals surface area contributed by atoms with E-state index < -0.39 is 0 Å². The number of nitrogens with zero attached hydrogens (tertiary/aromatic N) is 3. The van der Waals surface area contributed by atoms with Crippen molar-refractivity contribution in [2.45, 2.75) is 32.7 Å². The maximum atomic E-state index is 12.2. The van der Waals surface area contributed by atoms with Crippen LogP contribution in [-0.2, 0) is 17.8 Å². The van der Waals surface area contributed by atoms with Crippen LogP contribution in [0.2, 0.25) is 0 Å². The van der Waals surface area contributed by atoms with Gasteiger partial charge in [0.05, 0.1) is 13.2 Å². The zero-order valence-corrected chi connectivity index (χ0v) is 14.8. The molecule has 0 atom stereocenters. The number of anilines is 2. The molecule has 26 heavy (non-hydrogen) atoms. The van der Waals surface area contributed by atoms with Gasteiger partial charge in [0.2, 0.25) is 0 Å². The number of fused-ring (bicyclic) bond motifs is 1. The first-order valence-electron chi connectivity index (χ1n) is 8.70. The predicted molar refractivity (Wildman–Crippen MR) is 98.4 cm³/mol. The van der Waals surface area contributed by atoms with E-state index >= 15 is 0 Å². The van der Waals surface area contributed by atoms with Crippen LogP contribution in [0.1, 0.15) is 41.3 Å². The van der Waals surface area contributed by atoms with E-state index in [1.165, 1.54) is 0 Å². The fourth-order valence-corrected chi connectivity index (χ4v) is 2.93. The maximum absolute atomic E-state index is 12.2. The fourth-order valence-electron chi connectivity index (χ4n) is 2.93. The zero-order chi connectivity index (χ0) is 18.5. The van der Waals surface area contributed by atoms with Crippen molar-refractivity contribution < 1.29 is 14.3 Å². The molecule has 2 heterocycles. The molecule has 0 spiro atoms. The molecule has 2 aromatic rings. The number of rotatable bonds is 7. The molecular weight excluding hydrogens is 332 g/mol. The number of hydrogen-bond acceptors (Lipinski definition) is 7. The first-order chi connectivity index (χ1) is 12.6. The van der Waals surface area contributed by atoms with Crippen molar-refractivity contribution in [2.75, 3.05) is 23.8 Å². The normalized spacial score (nSPS) is 13.4. The molecule has 136 valence electrons. The largest absolute Gasteiger partial charge is 0.463 e. The SMILES string of the molecule is CCCCOc1nc(N)c2c(n1)N(Cc1cccc(C=O)c1)CC(=O)C2. The third-order valence-corrected chi connectivity index (χ3v) is 4.23. The Morgan fingerprint density at radius 2 is 2.19 bits per heavy atom. The Morgan fingerprint density at radius 3 is 2.96 bits per heavy atom. The van der Waals surface area contributed by atoms with Crippen LogP contribution in [0.4, 0.5) is 11.6 Å². The van der Waals surface area contributed by atoms with Crippen LogP contribution in [-0.4, -0.2) is 35.2 Å². The van der Waals surface area contributed by atoms with Gasteiger partial charge in [-0.1, -0.05) is 31.5 Å². The number of carbonyl (C=O) groups excluding carboxylic acids is 2. The Kier molecular flexibility index (Phi) is 5.46. The molecule has 0 amide bonds. The van der Waals surface area contributed by atoms with E-state index in [1.807, 2.05) is 17.0 Å². The Bertz CT molecular complexity index is 822. The number of nitrogens with two attached hydrogens (primary N) is 1. The van der Waals surface area contributed by atoms with Crippen LogP contribution in [0.25, 0.3) is 0 Å². The number of aromatic nitrogens is 2. The molecule has 1 aromatic heterocycles. The molecule has 1 aliphatic rings. The number of hydrogen-bond donors (Lipinski definition) is 1. The number of nitrogen functional groups attached to an aromatic ring is 1. The highest BCUT2D eigenvalue weighted by Gasteiger charge is 2.27. The van der Waals surface area contributed by atoms with E-state index in [0.29, 0.717) is 30.1 Å². The van der Waals surface area contributed by atoms with E-state index in [0.717, 1.165) is 24.7 Å². The molecule has 1 aliphatic heterocycles. The summed E-state index contributed by atoms with van der Waals surface area (Å²) in [5, 5.41) is 0. The summed E-state index contributed by atoms with van der Waals surface area (Å²) in [6.07, 6.45) is 2.94. The zero-order valence-electron chi connectivity index (χ0n) is 14.8. The van der Waals surface area contributed by atoms with Crippen molar-refractivity contribution in [2.24, 2.45) is 0 Å². The molecule has 7 heteroatoms. The molecule has 0 fully saturated rings. The molecule has 1 aromatic carbocycles. The molecule has 0 unspecified atom stereocenters. The van der Waals surface area contributed by atoms with Gasteiger partial charge in [0.25, 0.3) is 0 Å². The van der Waals surface area contributed by atoms with E-state index in [2.05, 4.69) is 16.9 Å². The monoisotopic (exact) mass is 354 g/mol. The maximum Gasteiger partial charge on any atom is 0.320 e. The second-order valence-corrected chi connectivity index (χ2v) is 6.33. The number of ether oxygens (including phenoxy) is 1. The Labute approximate surface area is 152 Å². The Morgan fingerprint density at radius 1 is 1.35 bits per heavy atom. The quantitative estimate of drug-likeness (QED) is 0.601. The summed E-state index contributed by atoms with van der Waals surface area (Å²) in [7, 11) is 0. The number of benzene rings is 1. The van der Waals surface area contributed by atoms with Crippen molar-refractivity contribution in [1.29, 1.82) is 0 Å². The predicted octanol–water partition coefficient (Wildman–Crippen LogP) is 2.18. The van der Waals surface area contributed by atoms with Crippen molar-refractivity contribution in [3.63, 3.8) is 0 Å². The standard InChI is InChI=1S/C19H22N4O3/c1-2-3-7-26-19-21-17(20)16-9-15(25)11-23(18(16)22-19)10-13-5-4-6-14(8-13)12-24/h4-6,8,12H,2-3,7,9-11H2,1H3,(H2,20,21,22). The topological polar surface area (TPSA) is 98.4 Å². The summed E-state index contributed by atoms with van der Waals surface area (Å²) in [5.74, 6) is 0.959. The lowest BCUT2D eigenvalue weighted by atomic mass is 10.0. The van der Waals surface area contributed by atoms with Crippen molar-refractivity contribution >= 4 is 23.7 Å². The highest BCUT2D eigenvalue weighted by Crippen LogP contribution is 2.30. The van der Waals surface area contributed by atoms with Gasteiger partial charge in [-0.2, -0.15) is 9.97 Å². The van der Waals surface area contributed by atoms with E-state index in [9.17, 15) is 9.59 Å². The number of ketones is 1. The molecule has 2 N–H and O–H groups in total. The second kappa shape index (κ2) is 7.95. The molecule has 0 saturated carbocycles. The van der Waals surface area contributed by atoms with Gasteiger partial charge in [0.1, 0.15) is 17.9 Å². The highest BCUT2D eigenvalue weighted by atomic mass is 16.5. The summed E-state index contributed by atoms with van der Waals surface area (Å²) in [5.41, 5.74) is 8.20. The molecule has 0 aliphatic carbocycles. The second-order valence-electron chi connectivity index (χ2n) is 6.33. The van der Waals surface area contributed by atoms with Crippen LogP contribution in [0.15, 0.2) is 24.3 Å². The lowest BCUT2D eigenvalue weighted by Crippen LogP contribution is -2.36. The molecule has 0 bridgehead atoms. The Balaban J connectivity index is 1.90. The van der Waals surface area contributed by atoms with Gasteiger partial charge < -0.3 is 15.4 Å². The van der Waals surface area contributed by atoms with Gasteiger partial charge in [-0.05, 0) is 18.1 Å². The van der Waals surface area contributed by atoms with Gasteiger partial charge in [-0.3, -0.25) is 9.59 Å². The summed E-state index contributed by atoms with van der Waals surface area (Å²) in [6, 6.07) is 7.50. The third kappa shape index (κ3) is 3.99. The number of unbranched alkanes of at least 4 members (excludes halogenated alkanes) is 1. The van der Waals surface area contributed by atoms with Crippen LogP contribution < -0.4 is 15.4 Å². The molecular formula is C19H22N4O3. The van der Waals surface area contributed by atoms with Gasteiger partial charge in [0.15, 0.2) is 5.78 Å². The van der Waals surface area contributed by atoms with E-state index in [1.54, 1.807) is 12.1 Å². The fraction of sp³-hybridized carbons (Fsp3) is 0.368. The first kappa shape index (κ1) is 17.8.